The lowest BCUT2D eigenvalue weighted by atomic mass is 9.89. The molecule has 0 fully saturated rings. The van der Waals surface area contributed by atoms with Crippen LogP contribution in [0.5, 0.6) is 0 Å². The van der Waals surface area contributed by atoms with Gasteiger partial charge in [0.15, 0.2) is 5.16 Å². The molecule has 0 aliphatic heterocycles. The van der Waals surface area contributed by atoms with Gasteiger partial charge in [-0.15, -0.1) is 11.3 Å². The van der Waals surface area contributed by atoms with Crippen molar-refractivity contribution in [2.45, 2.75) is 37.9 Å². The first-order chi connectivity index (χ1) is 11.7. The molecule has 0 spiro atoms. The van der Waals surface area contributed by atoms with Gasteiger partial charge in [0.2, 0.25) is 0 Å². The highest BCUT2D eigenvalue weighted by atomic mass is 32.2. The first-order valence-corrected chi connectivity index (χ1v) is 10.3. The molecule has 3 aromatic rings. The summed E-state index contributed by atoms with van der Waals surface area (Å²) in [6.07, 6.45) is 5.30. The van der Waals surface area contributed by atoms with E-state index in [1.807, 2.05) is 29.0 Å². The van der Waals surface area contributed by atoms with Crippen LogP contribution in [-0.4, -0.2) is 15.8 Å². The number of nitrogens with zero attached hydrogens (tertiary/aromatic N) is 2. The third-order valence-electron chi connectivity index (χ3n) is 4.74. The first-order valence-electron chi connectivity index (χ1n) is 8.30. The van der Waals surface area contributed by atoms with Crippen molar-refractivity contribution in [1.29, 1.82) is 0 Å². The standard InChI is InChI=1S/C19H20N2OS2/c1-12-8-9-15-14(10-12)16-17(24-15)20-19(23-2)21(18(16)22)11-13-6-4-3-5-7-13/h3-7,12H,8-11H2,1-2H3/t12-/m0/s1. The lowest BCUT2D eigenvalue weighted by molar-refractivity contribution is 0.508. The normalized spacial score (nSPS) is 17.2. The molecule has 3 nitrogen and oxygen atoms in total. The van der Waals surface area contributed by atoms with E-state index in [9.17, 15) is 4.79 Å². The average molecular weight is 357 g/mol. The van der Waals surface area contributed by atoms with Crippen molar-refractivity contribution in [2.24, 2.45) is 5.92 Å². The van der Waals surface area contributed by atoms with Gasteiger partial charge >= 0.3 is 0 Å². The van der Waals surface area contributed by atoms with E-state index >= 15 is 0 Å². The number of hydrogen-bond acceptors (Lipinski definition) is 4. The van der Waals surface area contributed by atoms with Crippen molar-refractivity contribution in [3.8, 4) is 0 Å². The van der Waals surface area contributed by atoms with Gasteiger partial charge in [-0.25, -0.2) is 4.98 Å². The molecule has 0 saturated heterocycles. The molecule has 0 amide bonds. The van der Waals surface area contributed by atoms with Crippen LogP contribution < -0.4 is 5.56 Å². The fourth-order valence-electron chi connectivity index (χ4n) is 3.47. The van der Waals surface area contributed by atoms with E-state index in [0.717, 1.165) is 33.8 Å². The summed E-state index contributed by atoms with van der Waals surface area (Å²) in [6.45, 7) is 2.86. The Morgan fingerprint density at radius 1 is 1.33 bits per heavy atom. The van der Waals surface area contributed by atoms with Crippen molar-refractivity contribution in [1.82, 2.24) is 9.55 Å². The molecule has 0 N–H and O–H groups in total. The molecule has 124 valence electrons. The molecule has 1 atom stereocenters. The number of fused-ring (bicyclic) bond motifs is 3. The summed E-state index contributed by atoms with van der Waals surface area (Å²) in [5.74, 6) is 0.650. The first kappa shape index (κ1) is 15.9. The fraction of sp³-hybridized carbons (Fsp3) is 0.368. The van der Waals surface area contributed by atoms with Gasteiger partial charge in [-0.05, 0) is 42.6 Å². The van der Waals surface area contributed by atoms with Crippen LogP contribution in [0.3, 0.4) is 0 Å². The van der Waals surface area contributed by atoms with Gasteiger partial charge in [0.1, 0.15) is 4.83 Å². The molecule has 0 saturated carbocycles. The third-order valence-corrected chi connectivity index (χ3v) is 6.60. The Kier molecular flexibility index (Phi) is 4.22. The zero-order valence-electron chi connectivity index (χ0n) is 13.9. The summed E-state index contributed by atoms with van der Waals surface area (Å²) in [5.41, 5.74) is 2.52. The summed E-state index contributed by atoms with van der Waals surface area (Å²) in [4.78, 5) is 20.4. The van der Waals surface area contributed by atoms with Gasteiger partial charge in [0.25, 0.3) is 5.56 Å². The van der Waals surface area contributed by atoms with Crippen LogP contribution in [0.15, 0.2) is 40.3 Å². The number of hydrogen-bond donors (Lipinski definition) is 0. The molecule has 2 heterocycles. The lowest BCUT2D eigenvalue weighted by Crippen LogP contribution is -2.24. The minimum atomic E-state index is 0.125. The minimum Gasteiger partial charge on any atom is -0.283 e. The number of rotatable bonds is 3. The van der Waals surface area contributed by atoms with Crippen molar-refractivity contribution >= 4 is 33.3 Å². The Bertz CT molecular complexity index is 943. The fourth-order valence-corrected chi connectivity index (χ4v) is 5.29. The molecule has 2 aromatic heterocycles. The molecule has 1 aliphatic carbocycles. The maximum Gasteiger partial charge on any atom is 0.263 e. The van der Waals surface area contributed by atoms with Gasteiger partial charge in [-0.1, -0.05) is 49.0 Å². The zero-order chi connectivity index (χ0) is 16.7. The van der Waals surface area contributed by atoms with Crippen LogP contribution >= 0.6 is 23.1 Å². The highest BCUT2D eigenvalue weighted by Crippen LogP contribution is 2.36. The molecular weight excluding hydrogens is 336 g/mol. The van der Waals surface area contributed by atoms with E-state index in [1.54, 1.807) is 23.1 Å². The molecule has 4 rings (SSSR count). The van der Waals surface area contributed by atoms with Crippen LogP contribution in [-0.2, 0) is 19.4 Å². The van der Waals surface area contributed by atoms with Crippen LogP contribution in [0.2, 0.25) is 0 Å². The largest absolute Gasteiger partial charge is 0.283 e. The SMILES string of the molecule is CSc1nc2sc3c(c2c(=O)n1Cc1ccccc1)C[C@@H](C)CC3. The summed E-state index contributed by atoms with van der Waals surface area (Å²) in [5, 5.41) is 1.68. The van der Waals surface area contributed by atoms with E-state index in [0.29, 0.717) is 12.5 Å². The molecular formula is C19H20N2OS2. The topological polar surface area (TPSA) is 34.9 Å². The van der Waals surface area contributed by atoms with Crippen molar-refractivity contribution in [3.63, 3.8) is 0 Å². The monoisotopic (exact) mass is 356 g/mol. The van der Waals surface area contributed by atoms with Crippen LogP contribution in [0.1, 0.15) is 29.3 Å². The highest BCUT2D eigenvalue weighted by Gasteiger charge is 2.24. The zero-order valence-corrected chi connectivity index (χ0v) is 15.5. The predicted molar refractivity (Wildman–Crippen MR) is 102 cm³/mol. The Hall–Kier alpha value is -1.59. The van der Waals surface area contributed by atoms with Crippen LogP contribution in [0, 0.1) is 5.92 Å². The number of aryl methyl sites for hydroxylation is 1. The van der Waals surface area contributed by atoms with E-state index in [4.69, 9.17) is 4.98 Å². The second-order valence-corrected chi connectivity index (χ2v) is 8.36. The molecule has 5 heteroatoms. The van der Waals surface area contributed by atoms with Crippen molar-refractivity contribution in [3.05, 3.63) is 56.7 Å². The van der Waals surface area contributed by atoms with Crippen molar-refractivity contribution in [2.75, 3.05) is 6.26 Å². The lowest BCUT2D eigenvalue weighted by Gasteiger charge is -2.18. The van der Waals surface area contributed by atoms with E-state index in [-0.39, 0.29) is 5.56 Å². The second kappa shape index (κ2) is 6.37. The second-order valence-electron chi connectivity index (χ2n) is 6.51. The van der Waals surface area contributed by atoms with Gasteiger partial charge in [0, 0.05) is 4.88 Å². The molecule has 0 radical (unpaired) electrons. The highest BCUT2D eigenvalue weighted by molar-refractivity contribution is 7.98. The van der Waals surface area contributed by atoms with Gasteiger partial charge in [-0.3, -0.25) is 9.36 Å². The molecule has 1 aromatic carbocycles. The summed E-state index contributed by atoms with van der Waals surface area (Å²) in [6, 6.07) is 10.1. The smallest absolute Gasteiger partial charge is 0.263 e. The van der Waals surface area contributed by atoms with Crippen molar-refractivity contribution < 1.29 is 0 Å². The van der Waals surface area contributed by atoms with E-state index in [2.05, 4.69) is 19.1 Å². The number of aromatic nitrogens is 2. The molecule has 0 bridgehead atoms. The molecule has 0 unspecified atom stereocenters. The summed E-state index contributed by atoms with van der Waals surface area (Å²) < 4.78 is 1.84. The number of thioether (sulfide) groups is 1. The maximum absolute atomic E-state index is 13.3. The number of benzene rings is 1. The Morgan fingerprint density at radius 2 is 2.12 bits per heavy atom. The quantitative estimate of drug-likeness (QED) is 0.517. The van der Waals surface area contributed by atoms with E-state index in [1.165, 1.54) is 16.9 Å². The molecule has 1 aliphatic rings. The summed E-state index contributed by atoms with van der Waals surface area (Å²) >= 11 is 3.27. The summed E-state index contributed by atoms with van der Waals surface area (Å²) in [7, 11) is 0. The minimum absolute atomic E-state index is 0.125. The average Bonchev–Trinajstić information content (AvgIpc) is 2.95. The van der Waals surface area contributed by atoms with Gasteiger partial charge in [0.05, 0.1) is 11.9 Å². The van der Waals surface area contributed by atoms with E-state index < -0.39 is 0 Å². The van der Waals surface area contributed by atoms with Gasteiger partial charge < -0.3 is 0 Å². The molecule has 24 heavy (non-hydrogen) atoms. The Labute approximate surface area is 149 Å². The van der Waals surface area contributed by atoms with Gasteiger partial charge in [-0.2, -0.15) is 0 Å². The third kappa shape index (κ3) is 2.70. The Morgan fingerprint density at radius 3 is 2.88 bits per heavy atom. The maximum atomic E-state index is 13.3. The van der Waals surface area contributed by atoms with Crippen LogP contribution in [0.25, 0.3) is 10.2 Å². The predicted octanol–water partition coefficient (Wildman–Crippen LogP) is 4.35. The Balaban J connectivity index is 1.91. The van der Waals surface area contributed by atoms with Crippen LogP contribution in [0.4, 0.5) is 0 Å². The number of thiophene rings is 1.